The summed E-state index contributed by atoms with van der Waals surface area (Å²) in [6.45, 7) is 5.97. The van der Waals surface area contributed by atoms with Crippen LogP contribution >= 0.6 is 0 Å². The van der Waals surface area contributed by atoms with Crippen LogP contribution in [0.1, 0.15) is 30.5 Å². The number of hydrogen-bond acceptors (Lipinski definition) is 2. The number of benzene rings is 2. The standard InChI is InChI=1S/C14H13NO2.C2H6/c1-11-7-8-14(15(16)17)10-13(11)9-12-5-3-2-4-6-12;1-2/h2-8,10H,9H2,1H3;1-2H3. The van der Waals surface area contributed by atoms with E-state index in [1.807, 2.05) is 51.1 Å². The van der Waals surface area contributed by atoms with Crippen molar-refractivity contribution in [3.8, 4) is 0 Å². The summed E-state index contributed by atoms with van der Waals surface area (Å²) >= 11 is 0. The number of aryl methyl sites for hydroxylation is 1. The molecule has 0 unspecified atom stereocenters. The Morgan fingerprint density at radius 2 is 1.68 bits per heavy atom. The molecule has 0 saturated heterocycles. The van der Waals surface area contributed by atoms with Crippen LogP contribution in [0.5, 0.6) is 0 Å². The third kappa shape index (κ3) is 4.21. The summed E-state index contributed by atoms with van der Waals surface area (Å²) < 4.78 is 0. The van der Waals surface area contributed by atoms with E-state index in [4.69, 9.17) is 0 Å². The molecule has 0 amide bonds. The van der Waals surface area contributed by atoms with Gasteiger partial charge >= 0.3 is 0 Å². The Bertz CT molecular complexity index is 536. The maximum Gasteiger partial charge on any atom is 0.269 e. The zero-order chi connectivity index (χ0) is 14.3. The fourth-order valence-electron chi connectivity index (χ4n) is 1.78. The molecule has 3 heteroatoms. The molecule has 0 spiro atoms. The molecule has 100 valence electrons. The van der Waals surface area contributed by atoms with Crippen molar-refractivity contribution in [2.75, 3.05) is 0 Å². The summed E-state index contributed by atoms with van der Waals surface area (Å²) in [5.74, 6) is 0. The molecule has 0 aliphatic rings. The highest BCUT2D eigenvalue weighted by atomic mass is 16.6. The van der Waals surface area contributed by atoms with Crippen molar-refractivity contribution < 1.29 is 4.92 Å². The van der Waals surface area contributed by atoms with E-state index in [2.05, 4.69) is 0 Å². The SMILES string of the molecule is CC.Cc1ccc([N+](=O)[O-])cc1Cc1ccccc1. The van der Waals surface area contributed by atoms with Crippen LogP contribution in [0, 0.1) is 17.0 Å². The van der Waals surface area contributed by atoms with Crippen LogP contribution in [0.2, 0.25) is 0 Å². The zero-order valence-corrected chi connectivity index (χ0v) is 11.6. The lowest BCUT2D eigenvalue weighted by atomic mass is 10.00. The monoisotopic (exact) mass is 257 g/mol. The van der Waals surface area contributed by atoms with Crippen LogP contribution in [-0.4, -0.2) is 4.92 Å². The quantitative estimate of drug-likeness (QED) is 0.599. The number of nitro benzene ring substituents is 1. The second-order valence-electron chi connectivity index (χ2n) is 4.03. The van der Waals surface area contributed by atoms with Crippen LogP contribution < -0.4 is 0 Å². The first-order valence-electron chi connectivity index (χ1n) is 6.44. The topological polar surface area (TPSA) is 43.1 Å². The minimum atomic E-state index is -0.353. The maximum atomic E-state index is 10.7. The Morgan fingerprint density at radius 1 is 1.05 bits per heavy atom. The summed E-state index contributed by atoms with van der Waals surface area (Å²) in [4.78, 5) is 10.4. The first kappa shape index (κ1) is 14.9. The van der Waals surface area contributed by atoms with Gasteiger partial charge in [0.25, 0.3) is 5.69 Å². The van der Waals surface area contributed by atoms with Gasteiger partial charge < -0.3 is 0 Å². The summed E-state index contributed by atoms with van der Waals surface area (Å²) in [6, 6.07) is 15.0. The molecule has 0 aliphatic carbocycles. The Balaban J connectivity index is 0.000000861. The fourth-order valence-corrected chi connectivity index (χ4v) is 1.78. The van der Waals surface area contributed by atoms with E-state index in [0.29, 0.717) is 0 Å². The molecule has 0 N–H and O–H groups in total. The summed E-state index contributed by atoms with van der Waals surface area (Å²) in [5.41, 5.74) is 3.41. The Hall–Kier alpha value is -2.16. The number of non-ortho nitro benzene ring substituents is 1. The third-order valence-electron chi connectivity index (χ3n) is 2.78. The molecule has 3 nitrogen and oxygen atoms in total. The minimum Gasteiger partial charge on any atom is -0.258 e. The molecule has 0 atom stereocenters. The van der Waals surface area contributed by atoms with Crippen molar-refractivity contribution in [1.82, 2.24) is 0 Å². The van der Waals surface area contributed by atoms with E-state index in [1.165, 1.54) is 0 Å². The van der Waals surface area contributed by atoms with E-state index in [-0.39, 0.29) is 10.6 Å². The number of nitrogens with zero attached hydrogens (tertiary/aromatic N) is 1. The van der Waals surface area contributed by atoms with E-state index >= 15 is 0 Å². The van der Waals surface area contributed by atoms with E-state index < -0.39 is 0 Å². The number of rotatable bonds is 3. The minimum absolute atomic E-state index is 0.154. The largest absolute Gasteiger partial charge is 0.269 e. The average Bonchev–Trinajstić information content (AvgIpc) is 2.44. The van der Waals surface area contributed by atoms with Crippen LogP contribution in [0.25, 0.3) is 0 Å². The Kier molecular flexibility index (Phi) is 5.73. The van der Waals surface area contributed by atoms with Gasteiger partial charge in [-0.25, -0.2) is 0 Å². The molecule has 0 aliphatic heterocycles. The van der Waals surface area contributed by atoms with Crippen molar-refractivity contribution in [2.24, 2.45) is 0 Å². The van der Waals surface area contributed by atoms with Crippen molar-refractivity contribution >= 4 is 5.69 Å². The highest BCUT2D eigenvalue weighted by molar-refractivity contribution is 5.41. The molecule has 19 heavy (non-hydrogen) atoms. The third-order valence-corrected chi connectivity index (χ3v) is 2.78. The van der Waals surface area contributed by atoms with E-state index in [1.54, 1.807) is 18.2 Å². The van der Waals surface area contributed by atoms with Gasteiger partial charge in [0.05, 0.1) is 4.92 Å². The van der Waals surface area contributed by atoms with Gasteiger partial charge in [0, 0.05) is 12.1 Å². The van der Waals surface area contributed by atoms with E-state index in [0.717, 1.165) is 23.1 Å². The zero-order valence-electron chi connectivity index (χ0n) is 11.6. The second kappa shape index (κ2) is 7.31. The molecule has 2 aromatic carbocycles. The molecule has 2 aromatic rings. The predicted molar refractivity (Wildman–Crippen MR) is 78.4 cm³/mol. The summed E-state index contributed by atoms with van der Waals surface area (Å²) in [5, 5.41) is 10.7. The molecule has 0 heterocycles. The lowest BCUT2D eigenvalue weighted by Gasteiger charge is -2.05. The van der Waals surface area contributed by atoms with Crippen LogP contribution in [0.15, 0.2) is 48.5 Å². The van der Waals surface area contributed by atoms with Gasteiger partial charge in [-0.3, -0.25) is 10.1 Å². The lowest BCUT2D eigenvalue weighted by molar-refractivity contribution is -0.384. The van der Waals surface area contributed by atoms with Gasteiger partial charge in [0.15, 0.2) is 0 Å². The Morgan fingerprint density at radius 3 is 2.26 bits per heavy atom. The summed E-state index contributed by atoms with van der Waals surface area (Å²) in [7, 11) is 0. The molecular formula is C16H19NO2. The number of hydrogen-bond donors (Lipinski definition) is 0. The van der Waals surface area contributed by atoms with Crippen LogP contribution in [-0.2, 0) is 6.42 Å². The van der Waals surface area contributed by atoms with Crippen LogP contribution in [0.3, 0.4) is 0 Å². The first-order valence-corrected chi connectivity index (χ1v) is 6.44. The van der Waals surface area contributed by atoms with Gasteiger partial charge in [-0.1, -0.05) is 50.2 Å². The Labute approximate surface area is 114 Å². The molecule has 0 saturated carbocycles. The van der Waals surface area contributed by atoms with Gasteiger partial charge in [-0.05, 0) is 30.0 Å². The molecular weight excluding hydrogens is 238 g/mol. The van der Waals surface area contributed by atoms with Crippen molar-refractivity contribution in [3.63, 3.8) is 0 Å². The van der Waals surface area contributed by atoms with Gasteiger partial charge in [-0.2, -0.15) is 0 Å². The molecule has 0 radical (unpaired) electrons. The van der Waals surface area contributed by atoms with Crippen molar-refractivity contribution in [2.45, 2.75) is 27.2 Å². The maximum absolute atomic E-state index is 10.7. The molecule has 2 rings (SSSR count). The normalized spacial score (nSPS) is 9.42. The smallest absolute Gasteiger partial charge is 0.258 e. The molecule has 0 bridgehead atoms. The van der Waals surface area contributed by atoms with Gasteiger partial charge in [0.1, 0.15) is 0 Å². The summed E-state index contributed by atoms with van der Waals surface area (Å²) in [6.07, 6.45) is 0.731. The van der Waals surface area contributed by atoms with Crippen molar-refractivity contribution in [3.05, 3.63) is 75.3 Å². The molecule has 0 aromatic heterocycles. The highest BCUT2D eigenvalue weighted by Gasteiger charge is 2.08. The number of nitro groups is 1. The van der Waals surface area contributed by atoms with Crippen molar-refractivity contribution in [1.29, 1.82) is 0 Å². The van der Waals surface area contributed by atoms with E-state index in [9.17, 15) is 10.1 Å². The lowest BCUT2D eigenvalue weighted by Crippen LogP contribution is -1.95. The highest BCUT2D eigenvalue weighted by Crippen LogP contribution is 2.20. The van der Waals surface area contributed by atoms with Crippen LogP contribution in [0.4, 0.5) is 5.69 Å². The van der Waals surface area contributed by atoms with Gasteiger partial charge in [0.2, 0.25) is 0 Å². The second-order valence-corrected chi connectivity index (χ2v) is 4.03. The molecule has 0 fully saturated rings. The fraction of sp³-hybridized carbons (Fsp3) is 0.250. The predicted octanol–water partition coefficient (Wildman–Crippen LogP) is 4.52. The van der Waals surface area contributed by atoms with Gasteiger partial charge in [-0.15, -0.1) is 0 Å². The average molecular weight is 257 g/mol. The first-order chi connectivity index (χ1) is 9.16.